The molecule has 0 fully saturated rings. The molecule has 0 heterocycles. The number of benzene rings is 2. The Kier molecular flexibility index (Phi) is 4.11. The molecule has 1 N–H and O–H groups in total. The van der Waals surface area contributed by atoms with E-state index >= 15 is 0 Å². The largest absolute Gasteiger partial charge is 0.478 e. The first-order valence-electron chi connectivity index (χ1n) is 6.20. The number of carboxylic acids is 1. The first kappa shape index (κ1) is 15.2. The molecule has 0 amide bonds. The van der Waals surface area contributed by atoms with Gasteiger partial charge >= 0.3 is 5.97 Å². The summed E-state index contributed by atoms with van der Waals surface area (Å²) >= 11 is 0. The minimum Gasteiger partial charge on any atom is -0.478 e. The van der Waals surface area contributed by atoms with Crippen molar-refractivity contribution >= 4 is 16.0 Å². The highest BCUT2D eigenvalue weighted by Crippen LogP contribution is 2.31. The molecule has 0 aliphatic heterocycles. The van der Waals surface area contributed by atoms with E-state index < -0.39 is 16.0 Å². The number of nitrogens with zero attached hydrogens (tertiary/aromatic N) is 1. The molecule has 0 saturated heterocycles. The Hall–Kier alpha value is -2.18. The van der Waals surface area contributed by atoms with Gasteiger partial charge in [0.15, 0.2) is 0 Å². The summed E-state index contributed by atoms with van der Waals surface area (Å²) in [6, 6.07) is 12.7. The van der Waals surface area contributed by atoms with Crippen LogP contribution in [0.4, 0.5) is 0 Å². The van der Waals surface area contributed by atoms with Gasteiger partial charge in [0, 0.05) is 19.7 Å². The van der Waals surface area contributed by atoms with Gasteiger partial charge in [-0.15, -0.1) is 0 Å². The maximum Gasteiger partial charge on any atom is 0.336 e. The van der Waals surface area contributed by atoms with E-state index in [9.17, 15) is 18.3 Å². The molecule has 2 rings (SSSR count). The van der Waals surface area contributed by atoms with Crippen LogP contribution in [0.2, 0.25) is 0 Å². The van der Waals surface area contributed by atoms with Gasteiger partial charge in [-0.3, -0.25) is 0 Å². The first-order chi connectivity index (χ1) is 9.85. The highest BCUT2D eigenvalue weighted by Gasteiger charge is 2.23. The first-order valence-corrected chi connectivity index (χ1v) is 7.64. The van der Waals surface area contributed by atoms with E-state index in [1.165, 1.54) is 26.2 Å². The van der Waals surface area contributed by atoms with E-state index in [1.54, 1.807) is 36.4 Å². The quantitative estimate of drug-likeness (QED) is 0.940. The van der Waals surface area contributed by atoms with Gasteiger partial charge < -0.3 is 5.11 Å². The molecule has 0 aromatic heterocycles. The van der Waals surface area contributed by atoms with Gasteiger partial charge in [0.2, 0.25) is 10.0 Å². The molecule has 0 radical (unpaired) electrons. The van der Waals surface area contributed by atoms with E-state index in [4.69, 9.17) is 0 Å². The van der Waals surface area contributed by atoms with Crippen LogP contribution in [0.25, 0.3) is 11.1 Å². The lowest BCUT2D eigenvalue weighted by molar-refractivity contribution is 0.0697. The van der Waals surface area contributed by atoms with E-state index in [1.807, 2.05) is 0 Å². The molecule has 5 nitrogen and oxygen atoms in total. The maximum atomic E-state index is 12.4. The smallest absolute Gasteiger partial charge is 0.336 e. The lowest BCUT2D eigenvalue weighted by atomic mass is 10.00. The van der Waals surface area contributed by atoms with Crippen molar-refractivity contribution in [3.63, 3.8) is 0 Å². The lowest BCUT2D eigenvalue weighted by Crippen LogP contribution is -2.23. The van der Waals surface area contributed by atoms with Crippen LogP contribution in [-0.4, -0.2) is 37.9 Å². The SMILES string of the molecule is CN(C)S(=O)(=O)c1ccccc1-c1ccccc1C(=O)O. The van der Waals surface area contributed by atoms with Crippen molar-refractivity contribution in [2.45, 2.75) is 4.90 Å². The molecular formula is C15H15NO4S. The summed E-state index contributed by atoms with van der Waals surface area (Å²) in [6.07, 6.45) is 0. The number of hydrogen-bond donors (Lipinski definition) is 1. The van der Waals surface area contributed by atoms with Crippen molar-refractivity contribution < 1.29 is 18.3 Å². The molecule has 2 aromatic carbocycles. The van der Waals surface area contributed by atoms with Gasteiger partial charge in [0.05, 0.1) is 10.5 Å². The molecule has 2 aromatic rings. The molecule has 0 aliphatic carbocycles. The number of hydrogen-bond acceptors (Lipinski definition) is 3. The highest BCUT2D eigenvalue weighted by molar-refractivity contribution is 7.89. The van der Waals surface area contributed by atoms with E-state index in [-0.39, 0.29) is 10.5 Å². The van der Waals surface area contributed by atoms with Crippen molar-refractivity contribution in [1.29, 1.82) is 0 Å². The number of aromatic carboxylic acids is 1. The molecule has 0 bridgehead atoms. The van der Waals surface area contributed by atoms with Crippen molar-refractivity contribution in [1.82, 2.24) is 4.31 Å². The second-order valence-electron chi connectivity index (χ2n) is 4.63. The fourth-order valence-electron chi connectivity index (χ4n) is 2.02. The number of carboxylic acid groups (broad SMARTS) is 1. The predicted octanol–water partition coefficient (Wildman–Crippen LogP) is 2.30. The highest BCUT2D eigenvalue weighted by atomic mass is 32.2. The van der Waals surface area contributed by atoms with Gasteiger partial charge in [-0.25, -0.2) is 17.5 Å². The summed E-state index contributed by atoms with van der Waals surface area (Å²) in [5, 5.41) is 9.27. The second kappa shape index (κ2) is 5.67. The predicted molar refractivity (Wildman–Crippen MR) is 79.7 cm³/mol. The van der Waals surface area contributed by atoms with Crippen molar-refractivity contribution in [3.05, 3.63) is 54.1 Å². The summed E-state index contributed by atoms with van der Waals surface area (Å²) in [5.74, 6) is -1.09. The zero-order chi connectivity index (χ0) is 15.6. The molecule has 0 unspecified atom stereocenters. The third kappa shape index (κ3) is 2.81. The Morgan fingerprint density at radius 3 is 2.05 bits per heavy atom. The van der Waals surface area contributed by atoms with Crippen molar-refractivity contribution in [2.24, 2.45) is 0 Å². The standard InChI is InChI=1S/C15H15NO4S/c1-16(2)21(19,20)14-10-6-5-8-12(14)11-7-3-4-9-13(11)15(17)18/h3-10H,1-2H3,(H,17,18). The van der Waals surface area contributed by atoms with Crippen LogP contribution in [0.3, 0.4) is 0 Å². The van der Waals surface area contributed by atoms with Gasteiger partial charge in [-0.1, -0.05) is 36.4 Å². The van der Waals surface area contributed by atoms with E-state index in [2.05, 4.69) is 0 Å². The Bertz CT molecular complexity index is 782. The zero-order valence-corrected chi connectivity index (χ0v) is 12.5. The minimum absolute atomic E-state index is 0.0684. The van der Waals surface area contributed by atoms with E-state index in [0.717, 1.165) is 4.31 Å². The average molecular weight is 305 g/mol. The van der Waals surface area contributed by atoms with E-state index in [0.29, 0.717) is 11.1 Å². The summed E-state index contributed by atoms with van der Waals surface area (Å²) < 4.78 is 25.9. The second-order valence-corrected chi connectivity index (χ2v) is 6.75. The zero-order valence-electron chi connectivity index (χ0n) is 11.6. The third-order valence-corrected chi connectivity index (χ3v) is 4.97. The molecule has 0 atom stereocenters. The van der Waals surface area contributed by atoms with Crippen LogP contribution in [0, 0.1) is 0 Å². The average Bonchev–Trinajstić information content (AvgIpc) is 2.47. The Morgan fingerprint density at radius 1 is 0.952 bits per heavy atom. The third-order valence-electron chi connectivity index (χ3n) is 3.09. The van der Waals surface area contributed by atoms with Gasteiger partial charge in [-0.05, 0) is 17.7 Å². The number of carbonyl (C=O) groups is 1. The molecule has 0 spiro atoms. The van der Waals surface area contributed by atoms with Crippen LogP contribution in [0.15, 0.2) is 53.4 Å². The number of rotatable bonds is 4. The Morgan fingerprint density at radius 2 is 1.48 bits per heavy atom. The van der Waals surface area contributed by atoms with Gasteiger partial charge in [0.1, 0.15) is 0 Å². The summed E-state index contributed by atoms with van der Waals surface area (Å²) in [6.45, 7) is 0. The van der Waals surface area contributed by atoms with Crippen LogP contribution < -0.4 is 0 Å². The van der Waals surface area contributed by atoms with Gasteiger partial charge in [0.25, 0.3) is 0 Å². The van der Waals surface area contributed by atoms with Gasteiger partial charge in [-0.2, -0.15) is 0 Å². The van der Waals surface area contributed by atoms with Crippen molar-refractivity contribution in [2.75, 3.05) is 14.1 Å². The molecule has 6 heteroatoms. The molecular weight excluding hydrogens is 290 g/mol. The van der Waals surface area contributed by atoms with Crippen LogP contribution in [0.5, 0.6) is 0 Å². The summed E-state index contributed by atoms with van der Waals surface area (Å²) in [4.78, 5) is 11.4. The normalized spacial score (nSPS) is 11.6. The summed E-state index contributed by atoms with van der Waals surface area (Å²) in [5.41, 5.74) is 0.828. The molecule has 21 heavy (non-hydrogen) atoms. The lowest BCUT2D eigenvalue weighted by Gasteiger charge is -2.16. The molecule has 0 saturated carbocycles. The minimum atomic E-state index is -3.66. The Labute approximate surface area is 123 Å². The topological polar surface area (TPSA) is 74.7 Å². The van der Waals surface area contributed by atoms with Crippen LogP contribution in [-0.2, 0) is 10.0 Å². The fourth-order valence-corrected chi connectivity index (χ4v) is 3.12. The Balaban J connectivity index is 2.76. The maximum absolute atomic E-state index is 12.4. The molecule has 0 aliphatic rings. The number of sulfonamides is 1. The van der Waals surface area contributed by atoms with Crippen LogP contribution >= 0.6 is 0 Å². The molecule has 110 valence electrons. The van der Waals surface area contributed by atoms with Crippen molar-refractivity contribution in [3.8, 4) is 11.1 Å². The van der Waals surface area contributed by atoms with Crippen LogP contribution in [0.1, 0.15) is 10.4 Å². The summed E-state index contributed by atoms with van der Waals surface area (Å²) in [7, 11) is -0.778. The fraction of sp³-hybridized carbons (Fsp3) is 0.133. The monoisotopic (exact) mass is 305 g/mol.